The standard InChI is InChI=1S/2C18H39O3P.Fe/c2*1-2-3-4-5-6-7-8-9-10-11-12-13-14-15-16-17-18-21-22(19)20;/h2*22H,2-18H2,1H3,(H,19,20);/q;;+2/p-2. The van der Waals surface area contributed by atoms with Crippen molar-refractivity contribution >= 4 is 16.5 Å². The molecule has 0 aliphatic rings. The van der Waals surface area contributed by atoms with Gasteiger partial charge in [-0.05, 0) is 12.8 Å². The van der Waals surface area contributed by atoms with Crippen LogP contribution in [0.4, 0.5) is 0 Å². The molecular formula is C36H76FeO6P2. The summed E-state index contributed by atoms with van der Waals surface area (Å²) in [7, 11) is -5.91. The van der Waals surface area contributed by atoms with Crippen LogP contribution in [0.1, 0.15) is 219 Å². The smallest absolute Gasteiger partial charge is 0.781 e. The fraction of sp³-hybridized carbons (Fsp3) is 1.00. The molecule has 0 spiro atoms. The molecule has 0 bridgehead atoms. The molecule has 0 saturated carbocycles. The van der Waals surface area contributed by atoms with E-state index in [2.05, 4.69) is 22.9 Å². The monoisotopic (exact) mass is 722 g/mol. The third kappa shape index (κ3) is 54.5. The molecule has 0 heterocycles. The van der Waals surface area contributed by atoms with E-state index in [0.717, 1.165) is 25.7 Å². The van der Waals surface area contributed by atoms with Crippen LogP contribution >= 0.6 is 16.5 Å². The van der Waals surface area contributed by atoms with Gasteiger partial charge >= 0.3 is 17.1 Å². The first-order chi connectivity index (χ1) is 21.5. The molecule has 274 valence electrons. The van der Waals surface area contributed by atoms with Gasteiger partial charge in [-0.25, -0.2) is 0 Å². The summed E-state index contributed by atoms with van der Waals surface area (Å²) >= 11 is 0. The summed E-state index contributed by atoms with van der Waals surface area (Å²) in [4.78, 5) is 20.4. The van der Waals surface area contributed by atoms with Crippen LogP contribution < -0.4 is 9.79 Å². The average Bonchev–Trinajstić information content (AvgIpc) is 3.00. The molecule has 0 aromatic rings. The van der Waals surface area contributed by atoms with Gasteiger partial charge in [0.1, 0.15) is 16.5 Å². The molecule has 0 saturated heterocycles. The van der Waals surface area contributed by atoms with Crippen LogP contribution in [0.15, 0.2) is 0 Å². The Balaban J connectivity index is -0.000000767. The molecule has 0 aromatic carbocycles. The van der Waals surface area contributed by atoms with Crippen molar-refractivity contribution in [2.45, 2.75) is 219 Å². The predicted molar refractivity (Wildman–Crippen MR) is 189 cm³/mol. The van der Waals surface area contributed by atoms with Crippen LogP contribution in [0, 0.1) is 0 Å². The van der Waals surface area contributed by atoms with E-state index in [4.69, 9.17) is 0 Å². The summed E-state index contributed by atoms with van der Waals surface area (Å²) in [6.45, 7) is 5.29. The van der Waals surface area contributed by atoms with Gasteiger partial charge in [-0.3, -0.25) is 0 Å². The van der Waals surface area contributed by atoms with Gasteiger partial charge < -0.3 is 28.0 Å². The Morgan fingerprint density at radius 2 is 0.489 bits per heavy atom. The minimum atomic E-state index is -2.95. The summed E-state index contributed by atoms with van der Waals surface area (Å²) in [6.07, 6.45) is 42.5. The van der Waals surface area contributed by atoms with Gasteiger partial charge in [0.05, 0.1) is 13.2 Å². The Labute approximate surface area is 293 Å². The number of hydrogen-bond donors (Lipinski definition) is 0. The van der Waals surface area contributed by atoms with E-state index in [0.29, 0.717) is 13.2 Å². The van der Waals surface area contributed by atoms with Gasteiger partial charge in [0, 0.05) is 0 Å². The van der Waals surface area contributed by atoms with Crippen LogP contribution in [0.3, 0.4) is 0 Å². The molecule has 0 rings (SSSR count). The van der Waals surface area contributed by atoms with Crippen molar-refractivity contribution in [3.05, 3.63) is 0 Å². The summed E-state index contributed by atoms with van der Waals surface area (Å²) in [5.74, 6) is 0. The van der Waals surface area contributed by atoms with Crippen LogP contribution in [-0.2, 0) is 35.2 Å². The second-order valence-electron chi connectivity index (χ2n) is 12.8. The third-order valence-electron chi connectivity index (χ3n) is 8.44. The van der Waals surface area contributed by atoms with Gasteiger partial charge in [-0.1, -0.05) is 206 Å². The zero-order valence-corrected chi connectivity index (χ0v) is 32.9. The van der Waals surface area contributed by atoms with E-state index in [1.54, 1.807) is 0 Å². The zero-order chi connectivity index (χ0) is 32.6. The quantitative estimate of drug-likeness (QED) is 0.0363. The molecule has 0 fully saturated rings. The number of rotatable bonds is 36. The molecule has 0 aromatic heterocycles. The third-order valence-corrected chi connectivity index (χ3v) is 9.32. The maximum Gasteiger partial charge on any atom is 2.00 e. The van der Waals surface area contributed by atoms with Crippen molar-refractivity contribution in [1.29, 1.82) is 0 Å². The number of hydrogen-bond acceptors (Lipinski definition) is 6. The summed E-state index contributed by atoms with van der Waals surface area (Å²) in [5.41, 5.74) is 0. The average molecular weight is 723 g/mol. The largest absolute Gasteiger partial charge is 2.00 e. The van der Waals surface area contributed by atoms with Gasteiger partial charge in [0.25, 0.3) is 0 Å². The van der Waals surface area contributed by atoms with Gasteiger partial charge in [-0.2, -0.15) is 0 Å². The first kappa shape index (κ1) is 50.2. The molecule has 0 amide bonds. The molecule has 0 radical (unpaired) electrons. The molecule has 0 aliphatic carbocycles. The fourth-order valence-corrected chi connectivity index (χ4v) is 6.23. The van der Waals surface area contributed by atoms with E-state index in [1.165, 1.54) is 180 Å². The van der Waals surface area contributed by atoms with Crippen LogP contribution in [-0.4, -0.2) is 13.2 Å². The van der Waals surface area contributed by atoms with Crippen LogP contribution in [0.5, 0.6) is 0 Å². The van der Waals surface area contributed by atoms with E-state index in [1.807, 2.05) is 0 Å². The zero-order valence-electron chi connectivity index (χ0n) is 29.8. The Kier molecular flexibility index (Phi) is 52.4. The van der Waals surface area contributed by atoms with Crippen molar-refractivity contribution in [1.82, 2.24) is 0 Å². The van der Waals surface area contributed by atoms with Crippen LogP contribution in [0.25, 0.3) is 0 Å². The Morgan fingerprint density at radius 3 is 0.644 bits per heavy atom. The Morgan fingerprint density at radius 1 is 0.333 bits per heavy atom. The number of unbranched alkanes of at least 4 members (excludes halogenated alkanes) is 30. The van der Waals surface area contributed by atoms with E-state index < -0.39 is 16.5 Å². The second-order valence-corrected chi connectivity index (χ2v) is 14.4. The van der Waals surface area contributed by atoms with Crippen molar-refractivity contribution in [2.24, 2.45) is 0 Å². The maximum absolute atomic E-state index is 10.2. The molecule has 45 heavy (non-hydrogen) atoms. The van der Waals surface area contributed by atoms with E-state index >= 15 is 0 Å². The minimum absolute atomic E-state index is 0. The maximum atomic E-state index is 10.2. The van der Waals surface area contributed by atoms with Gasteiger partial charge in [0.2, 0.25) is 0 Å². The van der Waals surface area contributed by atoms with Crippen molar-refractivity contribution in [3.63, 3.8) is 0 Å². The summed E-state index contributed by atoms with van der Waals surface area (Å²) < 4.78 is 29.5. The molecule has 0 N–H and O–H groups in total. The SMILES string of the molecule is CCCCCCCCCCCCCCCCCCO[PH](=O)[O-].CCCCCCCCCCCCCCCCCCO[PH](=O)[O-].[Fe+2]. The van der Waals surface area contributed by atoms with E-state index in [-0.39, 0.29) is 17.1 Å². The normalized spacial score (nSPS) is 12.4. The first-order valence-corrected chi connectivity index (χ1v) is 21.7. The Bertz CT molecular complexity index is 524. The van der Waals surface area contributed by atoms with Crippen molar-refractivity contribution in [3.8, 4) is 0 Å². The molecule has 2 atom stereocenters. The van der Waals surface area contributed by atoms with Gasteiger partial charge in [0.15, 0.2) is 0 Å². The van der Waals surface area contributed by atoms with Crippen molar-refractivity contribution < 1.29 is 45.0 Å². The summed E-state index contributed by atoms with van der Waals surface area (Å²) in [5, 5.41) is 0. The molecule has 0 aliphatic heterocycles. The molecular weight excluding hydrogens is 646 g/mol. The van der Waals surface area contributed by atoms with Gasteiger partial charge in [-0.15, -0.1) is 0 Å². The van der Waals surface area contributed by atoms with E-state index in [9.17, 15) is 18.9 Å². The molecule has 2 unspecified atom stereocenters. The minimum Gasteiger partial charge on any atom is -0.781 e. The molecule has 6 nitrogen and oxygen atoms in total. The van der Waals surface area contributed by atoms with Crippen molar-refractivity contribution in [2.75, 3.05) is 13.2 Å². The second kappa shape index (κ2) is 46.9. The van der Waals surface area contributed by atoms with Crippen LogP contribution in [0.2, 0.25) is 0 Å². The summed E-state index contributed by atoms with van der Waals surface area (Å²) in [6, 6.07) is 0. The first-order valence-electron chi connectivity index (χ1n) is 19.2. The Hall–Kier alpha value is 0.819. The molecule has 9 heteroatoms. The predicted octanol–water partition coefficient (Wildman–Crippen LogP) is 12.0. The topological polar surface area (TPSA) is 98.7 Å². The fourth-order valence-electron chi connectivity index (χ4n) is 5.61.